The fourth-order valence-corrected chi connectivity index (χ4v) is 4.25. The number of carbonyl (C=O) groups is 3. The topological polar surface area (TPSA) is 199 Å². The van der Waals surface area contributed by atoms with Crippen LogP contribution in [0.1, 0.15) is 65.9 Å². The molecule has 2 amide bonds. The van der Waals surface area contributed by atoms with Gasteiger partial charge in [0.2, 0.25) is 5.89 Å². The minimum atomic E-state index is -1.21. The van der Waals surface area contributed by atoms with Gasteiger partial charge in [-0.3, -0.25) is 19.6 Å². The van der Waals surface area contributed by atoms with Crippen LogP contribution >= 0.6 is 15.9 Å². The first kappa shape index (κ1) is 30.3. The number of rotatable bonds is 13. The van der Waals surface area contributed by atoms with E-state index in [1.54, 1.807) is 36.5 Å². The quantitative estimate of drug-likeness (QED) is 0.109. The van der Waals surface area contributed by atoms with Gasteiger partial charge in [0.1, 0.15) is 12.1 Å². The Bertz CT molecular complexity index is 1360. The number of carboxylic acids is 1. The highest BCUT2D eigenvalue weighted by molar-refractivity contribution is 9.10. The molecule has 0 spiro atoms. The van der Waals surface area contributed by atoms with Crippen LogP contribution in [-0.2, 0) is 4.79 Å². The van der Waals surface area contributed by atoms with E-state index < -0.39 is 29.9 Å². The molecule has 0 aliphatic rings. The van der Waals surface area contributed by atoms with Crippen LogP contribution in [0.15, 0.2) is 62.7 Å². The van der Waals surface area contributed by atoms with Gasteiger partial charge in [-0.15, -0.1) is 0 Å². The lowest BCUT2D eigenvalue weighted by molar-refractivity contribution is -0.139. The molecule has 2 atom stereocenters. The van der Waals surface area contributed by atoms with Crippen LogP contribution in [-0.4, -0.2) is 51.4 Å². The third-order valence-corrected chi connectivity index (χ3v) is 6.15. The zero-order chi connectivity index (χ0) is 29.2. The van der Waals surface area contributed by atoms with Gasteiger partial charge in [-0.25, -0.2) is 9.78 Å². The van der Waals surface area contributed by atoms with Crippen molar-refractivity contribution in [1.82, 2.24) is 20.6 Å². The number of pyridine rings is 1. The van der Waals surface area contributed by atoms with Crippen molar-refractivity contribution in [2.75, 3.05) is 6.54 Å². The largest absolute Gasteiger partial charge is 0.480 e. The number of carbonyl (C=O) groups excluding carboxylic acids is 2. The second kappa shape index (κ2) is 14.2. The number of aliphatic imine (C=N–C) groups is 1. The second-order valence-corrected chi connectivity index (χ2v) is 10.4. The first-order valence-electron chi connectivity index (χ1n) is 12.6. The fraction of sp³-hybridized carbons (Fsp3) is 0.333. The Morgan fingerprint density at radius 3 is 2.45 bits per heavy atom. The average Bonchev–Trinajstić information content (AvgIpc) is 3.35. The van der Waals surface area contributed by atoms with E-state index in [-0.39, 0.29) is 42.2 Å². The predicted molar refractivity (Wildman–Crippen MR) is 152 cm³/mol. The van der Waals surface area contributed by atoms with Crippen molar-refractivity contribution in [3.05, 3.63) is 70.4 Å². The number of guanidine groups is 1. The fourth-order valence-electron chi connectivity index (χ4n) is 3.88. The summed E-state index contributed by atoms with van der Waals surface area (Å²) >= 11 is 3.32. The van der Waals surface area contributed by atoms with Crippen molar-refractivity contribution in [3.63, 3.8) is 0 Å². The molecule has 0 aliphatic carbocycles. The number of oxazole rings is 1. The van der Waals surface area contributed by atoms with E-state index in [0.717, 1.165) is 0 Å². The SMILES string of the molecule is CC(C)CC(NC(=O)c1cncc(Br)c1)c1nc(C(=O)NC(CCCN=C(N)N)C(=O)O)c(-c2ccccc2)o1. The zero-order valence-corrected chi connectivity index (χ0v) is 23.7. The van der Waals surface area contributed by atoms with Crippen LogP contribution in [0.2, 0.25) is 0 Å². The van der Waals surface area contributed by atoms with Crippen LogP contribution in [0, 0.1) is 5.92 Å². The Labute approximate surface area is 239 Å². The maximum atomic E-state index is 13.4. The van der Waals surface area contributed by atoms with Gasteiger partial charge < -0.3 is 31.6 Å². The number of hydrogen-bond donors (Lipinski definition) is 5. The van der Waals surface area contributed by atoms with Crippen LogP contribution < -0.4 is 22.1 Å². The van der Waals surface area contributed by atoms with Crippen molar-refractivity contribution in [2.45, 2.75) is 45.2 Å². The molecule has 13 heteroatoms. The molecule has 0 saturated carbocycles. The summed E-state index contributed by atoms with van der Waals surface area (Å²) in [7, 11) is 0. The number of hydrogen-bond acceptors (Lipinski definition) is 7. The monoisotopic (exact) mass is 613 g/mol. The molecule has 2 aromatic heterocycles. The number of carboxylic acid groups (broad SMARTS) is 1. The van der Waals surface area contributed by atoms with Crippen molar-refractivity contribution in [3.8, 4) is 11.3 Å². The number of nitrogens with one attached hydrogen (secondary N) is 2. The molecule has 2 unspecified atom stereocenters. The van der Waals surface area contributed by atoms with Crippen LogP contribution in [0.25, 0.3) is 11.3 Å². The van der Waals surface area contributed by atoms with Crippen LogP contribution in [0.4, 0.5) is 0 Å². The predicted octanol–water partition coefficient (Wildman–Crippen LogP) is 3.25. The maximum absolute atomic E-state index is 13.4. The molecule has 2 heterocycles. The smallest absolute Gasteiger partial charge is 0.326 e. The molecule has 1 aromatic carbocycles. The summed E-state index contributed by atoms with van der Waals surface area (Å²) in [4.78, 5) is 50.6. The lowest BCUT2D eigenvalue weighted by Gasteiger charge is -2.17. The molecule has 0 fully saturated rings. The van der Waals surface area contributed by atoms with E-state index in [1.165, 1.54) is 6.20 Å². The number of benzene rings is 1. The van der Waals surface area contributed by atoms with Gasteiger partial charge in [0.15, 0.2) is 17.4 Å². The number of halogens is 1. The summed E-state index contributed by atoms with van der Waals surface area (Å²) in [5.74, 6) is -2.02. The lowest BCUT2D eigenvalue weighted by atomic mass is 10.0. The van der Waals surface area contributed by atoms with Crippen molar-refractivity contribution in [2.24, 2.45) is 22.4 Å². The minimum Gasteiger partial charge on any atom is -0.480 e. The Kier molecular flexibility index (Phi) is 10.8. The Balaban J connectivity index is 1.93. The summed E-state index contributed by atoms with van der Waals surface area (Å²) in [6.45, 7) is 4.18. The van der Waals surface area contributed by atoms with Crippen molar-refractivity contribution < 1.29 is 23.9 Å². The summed E-state index contributed by atoms with van der Waals surface area (Å²) in [6.07, 6.45) is 3.90. The van der Waals surface area contributed by atoms with E-state index in [0.29, 0.717) is 28.4 Å². The maximum Gasteiger partial charge on any atom is 0.326 e. The van der Waals surface area contributed by atoms with E-state index in [9.17, 15) is 19.5 Å². The Morgan fingerprint density at radius 2 is 1.82 bits per heavy atom. The van der Waals surface area contributed by atoms with Crippen molar-refractivity contribution >= 4 is 39.7 Å². The van der Waals surface area contributed by atoms with Gasteiger partial charge in [-0.05, 0) is 47.2 Å². The molecule has 12 nitrogen and oxygen atoms in total. The molecule has 3 rings (SSSR count). The highest BCUT2D eigenvalue weighted by atomic mass is 79.9. The number of aliphatic carboxylic acids is 1. The normalized spacial score (nSPS) is 12.4. The molecule has 3 aromatic rings. The van der Waals surface area contributed by atoms with E-state index in [1.807, 2.05) is 19.9 Å². The summed E-state index contributed by atoms with van der Waals surface area (Å²) in [6, 6.07) is 8.60. The lowest BCUT2D eigenvalue weighted by Crippen LogP contribution is -2.41. The minimum absolute atomic E-state index is 0.0932. The Morgan fingerprint density at radius 1 is 1.10 bits per heavy atom. The zero-order valence-electron chi connectivity index (χ0n) is 22.1. The highest BCUT2D eigenvalue weighted by Gasteiger charge is 2.30. The molecular formula is C27H32BrN7O5. The van der Waals surface area contributed by atoms with E-state index >= 15 is 0 Å². The summed E-state index contributed by atoms with van der Waals surface area (Å²) in [5, 5.41) is 15.1. The second-order valence-electron chi connectivity index (χ2n) is 9.46. The average molecular weight is 615 g/mol. The van der Waals surface area contributed by atoms with Gasteiger partial charge in [-0.1, -0.05) is 44.2 Å². The molecule has 7 N–H and O–H groups in total. The molecule has 40 heavy (non-hydrogen) atoms. The molecule has 0 radical (unpaired) electrons. The number of nitrogens with zero attached hydrogens (tertiary/aromatic N) is 3. The van der Waals surface area contributed by atoms with Crippen LogP contribution in [0.5, 0.6) is 0 Å². The third kappa shape index (κ3) is 8.63. The molecule has 0 aliphatic heterocycles. The van der Waals surface area contributed by atoms with Crippen molar-refractivity contribution in [1.29, 1.82) is 0 Å². The van der Waals surface area contributed by atoms with Gasteiger partial charge >= 0.3 is 5.97 Å². The summed E-state index contributed by atoms with van der Waals surface area (Å²) < 4.78 is 6.75. The standard InChI is InChI=1S/C27H32BrN7O5/c1-15(2)11-20(34-23(36)17-12-18(28)14-31-13-17)25-35-21(22(40-25)16-7-4-3-5-8-16)24(37)33-19(26(38)39)9-6-10-32-27(29)30/h3-5,7-8,12-15,19-20H,6,9-11H2,1-2H3,(H,33,37)(H,34,36)(H,38,39)(H4,29,30,32). The first-order chi connectivity index (χ1) is 19.0. The molecule has 0 saturated heterocycles. The van der Waals surface area contributed by atoms with E-state index in [4.69, 9.17) is 15.9 Å². The number of aromatic nitrogens is 2. The van der Waals surface area contributed by atoms with E-state index in [2.05, 4.69) is 41.5 Å². The third-order valence-electron chi connectivity index (χ3n) is 5.72. The highest BCUT2D eigenvalue weighted by Crippen LogP contribution is 2.30. The number of amides is 2. The number of nitrogens with two attached hydrogens (primary N) is 2. The Hall–Kier alpha value is -4.26. The van der Waals surface area contributed by atoms with Gasteiger partial charge in [-0.2, -0.15) is 0 Å². The van der Waals surface area contributed by atoms with Crippen LogP contribution in [0.3, 0.4) is 0 Å². The van der Waals surface area contributed by atoms with Gasteiger partial charge in [0, 0.05) is 29.0 Å². The molecule has 0 bridgehead atoms. The molecule has 212 valence electrons. The first-order valence-corrected chi connectivity index (χ1v) is 13.4. The summed E-state index contributed by atoms with van der Waals surface area (Å²) in [5.41, 5.74) is 11.4. The van der Waals surface area contributed by atoms with Gasteiger partial charge in [0.25, 0.3) is 11.8 Å². The van der Waals surface area contributed by atoms with Gasteiger partial charge in [0.05, 0.1) is 5.56 Å². The molecular weight excluding hydrogens is 582 g/mol.